The smallest absolute Gasteiger partial charge is 0.185 e. The van der Waals surface area contributed by atoms with Crippen LogP contribution >= 0.6 is 27.3 Å². The van der Waals surface area contributed by atoms with E-state index in [0.29, 0.717) is 0 Å². The maximum Gasteiger partial charge on any atom is 0.185 e. The zero-order valence-electron chi connectivity index (χ0n) is 11.9. The van der Waals surface area contributed by atoms with Gasteiger partial charge in [0.1, 0.15) is 0 Å². The standard InChI is InChI=1S/C15H20BrN3S/c1-3-8-17-9-13-10-18-15(20-13)19(2)11-12-6-4-5-7-14(12)16/h4-7,10,17H,3,8-9,11H2,1-2H3. The summed E-state index contributed by atoms with van der Waals surface area (Å²) in [6.45, 7) is 5.00. The Labute approximate surface area is 133 Å². The topological polar surface area (TPSA) is 28.2 Å². The maximum absolute atomic E-state index is 4.51. The maximum atomic E-state index is 4.51. The molecular weight excluding hydrogens is 334 g/mol. The van der Waals surface area contributed by atoms with Gasteiger partial charge in [-0.1, -0.05) is 41.1 Å². The molecule has 1 N–H and O–H groups in total. The number of aromatic nitrogens is 1. The van der Waals surface area contributed by atoms with E-state index in [1.807, 2.05) is 12.3 Å². The van der Waals surface area contributed by atoms with Crippen LogP contribution in [0.15, 0.2) is 34.9 Å². The average molecular weight is 354 g/mol. The van der Waals surface area contributed by atoms with Crippen molar-refractivity contribution in [2.45, 2.75) is 26.4 Å². The van der Waals surface area contributed by atoms with Crippen LogP contribution in [0.4, 0.5) is 5.13 Å². The van der Waals surface area contributed by atoms with Crippen LogP contribution in [0.25, 0.3) is 0 Å². The van der Waals surface area contributed by atoms with Gasteiger partial charge in [0.2, 0.25) is 0 Å². The second kappa shape index (κ2) is 7.76. The minimum absolute atomic E-state index is 0.858. The number of benzene rings is 1. The Morgan fingerprint density at radius 2 is 2.15 bits per heavy atom. The van der Waals surface area contributed by atoms with Gasteiger partial charge in [0.05, 0.1) is 0 Å². The monoisotopic (exact) mass is 353 g/mol. The van der Waals surface area contributed by atoms with Gasteiger partial charge in [0, 0.05) is 35.7 Å². The molecule has 2 rings (SSSR count). The van der Waals surface area contributed by atoms with Crippen LogP contribution in [-0.2, 0) is 13.1 Å². The van der Waals surface area contributed by atoms with E-state index in [0.717, 1.165) is 35.7 Å². The van der Waals surface area contributed by atoms with Crippen molar-refractivity contribution < 1.29 is 0 Å². The van der Waals surface area contributed by atoms with Crippen LogP contribution in [0, 0.1) is 0 Å². The number of hydrogen-bond acceptors (Lipinski definition) is 4. The minimum Gasteiger partial charge on any atom is -0.347 e. The highest BCUT2D eigenvalue weighted by Crippen LogP contribution is 2.25. The van der Waals surface area contributed by atoms with E-state index in [2.05, 4.69) is 63.3 Å². The number of thiazole rings is 1. The van der Waals surface area contributed by atoms with Gasteiger partial charge < -0.3 is 10.2 Å². The van der Waals surface area contributed by atoms with Crippen molar-refractivity contribution >= 4 is 32.4 Å². The Morgan fingerprint density at radius 3 is 2.90 bits per heavy atom. The van der Waals surface area contributed by atoms with E-state index in [-0.39, 0.29) is 0 Å². The largest absolute Gasteiger partial charge is 0.347 e. The molecule has 0 atom stereocenters. The summed E-state index contributed by atoms with van der Waals surface area (Å²) >= 11 is 5.34. The number of nitrogens with one attached hydrogen (secondary N) is 1. The first-order valence-corrected chi connectivity index (χ1v) is 8.41. The summed E-state index contributed by atoms with van der Waals surface area (Å²) in [6, 6.07) is 8.31. The molecule has 1 aromatic carbocycles. The van der Waals surface area contributed by atoms with Gasteiger partial charge in [0.15, 0.2) is 5.13 Å². The molecule has 0 saturated heterocycles. The highest BCUT2D eigenvalue weighted by atomic mass is 79.9. The molecule has 20 heavy (non-hydrogen) atoms. The number of halogens is 1. The molecule has 0 unspecified atom stereocenters. The zero-order valence-corrected chi connectivity index (χ0v) is 14.3. The molecular formula is C15H20BrN3S. The van der Waals surface area contributed by atoms with E-state index < -0.39 is 0 Å². The Kier molecular flexibility index (Phi) is 6.01. The Bertz CT molecular complexity index is 541. The molecule has 0 aliphatic heterocycles. The first-order chi connectivity index (χ1) is 9.70. The average Bonchev–Trinajstić information content (AvgIpc) is 2.91. The lowest BCUT2D eigenvalue weighted by Gasteiger charge is -2.16. The summed E-state index contributed by atoms with van der Waals surface area (Å²) in [7, 11) is 2.08. The highest BCUT2D eigenvalue weighted by Gasteiger charge is 2.09. The van der Waals surface area contributed by atoms with Crippen molar-refractivity contribution in [2.24, 2.45) is 0 Å². The Balaban J connectivity index is 1.96. The van der Waals surface area contributed by atoms with E-state index >= 15 is 0 Å². The Hall–Kier alpha value is -0.910. The van der Waals surface area contributed by atoms with E-state index in [9.17, 15) is 0 Å². The van der Waals surface area contributed by atoms with E-state index in [1.165, 1.54) is 10.4 Å². The predicted molar refractivity (Wildman–Crippen MR) is 90.4 cm³/mol. The minimum atomic E-state index is 0.858. The zero-order chi connectivity index (χ0) is 14.4. The second-order valence-electron chi connectivity index (χ2n) is 4.73. The van der Waals surface area contributed by atoms with Crippen LogP contribution in [0.5, 0.6) is 0 Å². The van der Waals surface area contributed by atoms with E-state index in [1.54, 1.807) is 11.3 Å². The van der Waals surface area contributed by atoms with Crippen molar-refractivity contribution in [1.29, 1.82) is 0 Å². The fourth-order valence-electron chi connectivity index (χ4n) is 1.89. The van der Waals surface area contributed by atoms with Gasteiger partial charge in [-0.3, -0.25) is 0 Å². The van der Waals surface area contributed by atoms with Crippen LogP contribution in [0.1, 0.15) is 23.8 Å². The van der Waals surface area contributed by atoms with Crippen molar-refractivity contribution in [1.82, 2.24) is 10.3 Å². The molecule has 3 nitrogen and oxygen atoms in total. The van der Waals surface area contributed by atoms with Crippen LogP contribution in [-0.4, -0.2) is 18.6 Å². The van der Waals surface area contributed by atoms with Crippen molar-refractivity contribution in [3.8, 4) is 0 Å². The molecule has 2 aromatic rings. The SMILES string of the molecule is CCCNCc1cnc(N(C)Cc2ccccc2Br)s1. The summed E-state index contributed by atoms with van der Waals surface area (Å²) in [4.78, 5) is 7.98. The normalized spacial score (nSPS) is 10.8. The fourth-order valence-corrected chi connectivity index (χ4v) is 3.14. The molecule has 0 aliphatic rings. The lowest BCUT2D eigenvalue weighted by atomic mass is 10.2. The molecule has 0 amide bonds. The lowest BCUT2D eigenvalue weighted by molar-refractivity contribution is 0.681. The molecule has 0 saturated carbocycles. The number of anilines is 1. The molecule has 1 heterocycles. The summed E-state index contributed by atoms with van der Waals surface area (Å²) in [6.07, 6.45) is 3.13. The quantitative estimate of drug-likeness (QED) is 0.761. The summed E-state index contributed by atoms with van der Waals surface area (Å²) in [5.41, 5.74) is 1.27. The van der Waals surface area contributed by atoms with Crippen LogP contribution in [0.3, 0.4) is 0 Å². The van der Waals surface area contributed by atoms with Crippen molar-refractivity contribution in [3.63, 3.8) is 0 Å². The van der Waals surface area contributed by atoms with Gasteiger partial charge >= 0.3 is 0 Å². The fraction of sp³-hybridized carbons (Fsp3) is 0.400. The number of hydrogen-bond donors (Lipinski definition) is 1. The molecule has 0 bridgehead atoms. The number of nitrogens with zero attached hydrogens (tertiary/aromatic N) is 2. The van der Waals surface area contributed by atoms with E-state index in [4.69, 9.17) is 0 Å². The third kappa shape index (κ3) is 4.30. The molecule has 5 heteroatoms. The molecule has 0 spiro atoms. The summed E-state index contributed by atoms with van der Waals surface area (Å²) in [5.74, 6) is 0. The number of rotatable bonds is 7. The second-order valence-corrected chi connectivity index (χ2v) is 6.68. The van der Waals surface area contributed by atoms with Crippen molar-refractivity contribution in [3.05, 3.63) is 45.4 Å². The molecule has 0 aliphatic carbocycles. The molecule has 108 valence electrons. The molecule has 0 fully saturated rings. The molecule has 0 radical (unpaired) electrons. The lowest BCUT2D eigenvalue weighted by Crippen LogP contribution is -2.16. The van der Waals surface area contributed by atoms with Crippen molar-refractivity contribution in [2.75, 3.05) is 18.5 Å². The first-order valence-electron chi connectivity index (χ1n) is 6.80. The van der Waals surface area contributed by atoms with Gasteiger partial charge in [-0.05, 0) is 24.6 Å². The highest BCUT2D eigenvalue weighted by molar-refractivity contribution is 9.10. The van der Waals surface area contributed by atoms with Gasteiger partial charge in [0.25, 0.3) is 0 Å². The summed E-state index contributed by atoms with van der Waals surface area (Å²) < 4.78 is 1.15. The third-order valence-electron chi connectivity index (χ3n) is 2.96. The van der Waals surface area contributed by atoms with Gasteiger partial charge in [-0.2, -0.15) is 0 Å². The molecule has 1 aromatic heterocycles. The Morgan fingerprint density at radius 1 is 1.35 bits per heavy atom. The van der Waals surface area contributed by atoms with Gasteiger partial charge in [-0.15, -0.1) is 11.3 Å². The first kappa shape index (κ1) is 15.5. The summed E-state index contributed by atoms with van der Waals surface area (Å²) in [5, 5.41) is 4.47. The van der Waals surface area contributed by atoms with Crippen LogP contribution in [0.2, 0.25) is 0 Å². The predicted octanol–water partition coefficient (Wildman–Crippen LogP) is 4.04. The third-order valence-corrected chi connectivity index (χ3v) is 4.84. The van der Waals surface area contributed by atoms with Crippen LogP contribution < -0.4 is 10.2 Å². The van der Waals surface area contributed by atoms with Gasteiger partial charge in [-0.25, -0.2) is 4.98 Å².